The van der Waals surface area contributed by atoms with Crippen molar-refractivity contribution >= 4 is 19.2 Å². The molecule has 0 unspecified atom stereocenters. The largest absolute Gasteiger partial charge is 1.00 e. The van der Waals surface area contributed by atoms with E-state index in [2.05, 4.69) is 29.0 Å². The number of aryl methyl sites for hydroxylation is 1. The summed E-state index contributed by atoms with van der Waals surface area (Å²) in [5.41, 5.74) is 3.69. The summed E-state index contributed by atoms with van der Waals surface area (Å²) in [5.74, 6) is 0. The summed E-state index contributed by atoms with van der Waals surface area (Å²) in [6.45, 7) is 2.08. The van der Waals surface area contributed by atoms with Crippen molar-refractivity contribution in [2.24, 2.45) is 0 Å². The zero-order valence-corrected chi connectivity index (χ0v) is 21.2. The Labute approximate surface area is 206 Å². The van der Waals surface area contributed by atoms with Crippen LogP contribution in [0, 0.1) is 6.92 Å². The predicted octanol–water partition coefficient (Wildman–Crippen LogP) is 7.67. The van der Waals surface area contributed by atoms with Crippen LogP contribution in [-0.2, 0) is 22.4 Å². The first-order valence-electron chi connectivity index (χ1n) is 9.18. The molecule has 0 amide bonds. The molecule has 12 heteroatoms. The SMILES string of the molecule is CN(C)c1ccncc1.CN(C)c1ccncc1.Cc1ccccc1.F[P-](F)(F)(F)(F)F.[Ag+]. The second-order valence-electron chi connectivity index (χ2n) is 6.81. The van der Waals surface area contributed by atoms with Gasteiger partial charge < -0.3 is 9.80 Å². The van der Waals surface area contributed by atoms with Crippen LogP contribution >= 0.6 is 7.81 Å². The molecule has 0 saturated carbocycles. The number of nitrogens with zero attached hydrogens (tertiary/aromatic N) is 4. The van der Waals surface area contributed by atoms with E-state index in [-0.39, 0.29) is 22.4 Å². The third-order valence-electron chi connectivity index (χ3n) is 3.30. The molecule has 33 heavy (non-hydrogen) atoms. The van der Waals surface area contributed by atoms with Crippen LogP contribution in [0.4, 0.5) is 36.6 Å². The molecule has 0 fully saturated rings. The zero-order chi connectivity index (χ0) is 24.9. The van der Waals surface area contributed by atoms with Crippen LogP contribution in [0.2, 0.25) is 0 Å². The molecule has 0 radical (unpaired) electrons. The van der Waals surface area contributed by atoms with Crippen molar-refractivity contribution in [1.29, 1.82) is 0 Å². The number of halogens is 6. The fourth-order valence-electron chi connectivity index (χ4n) is 1.82. The van der Waals surface area contributed by atoms with E-state index < -0.39 is 7.81 Å². The van der Waals surface area contributed by atoms with E-state index in [0.29, 0.717) is 0 Å². The van der Waals surface area contributed by atoms with Crippen molar-refractivity contribution in [3.05, 3.63) is 84.9 Å². The molecule has 1 aromatic carbocycles. The molecule has 3 rings (SSSR count). The van der Waals surface area contributed by atoms with Gasteiger partial charge in [-0.2, -0.15) is 0 Å². The van der Waals surface area contributed by atoms with E-state index in [1.807, 2.05) is 80.5 Å². The maximum atomic E-state index is 9.87. The first kappa shape index (κ1) is 33.0. The molecular formula is C21H28AgF6N4P. The van der Waals surface area contributed by atoms with E-state index in [0.717, 1.165) is 0 Å². The summed E-state index contributed by atoms with van der Waals surface area (Å²) in [6.07, 6.45) is 7.15. The first-order valence-corrected chi connectivity index (χ1v) is 11.2. The van der Waals surface area contributed by atoms with E-state index >= 15 is 0 Å². The van der Waals surface area contributed by atoms with Crippen LogP contribution in [0.1, 0.15) is 5.56 Å². The van der Waals surface area contributed by atoms with Crippen LogP contribution in [0.25, 0.3) is 0 Å². The monoisotopic (exact) mass is 588 g/mol. The van der Waals surface area contributed by atoms with Crippen molar-refractivity contribution < 1.29 is 47.6 Å². The van der Waals surface area contributed by atoms with Gasteiger partial charge in [0.1, 0.15) is 0 Å². The summed E-state index contributed by atoms with van der Waals surface area (Å²) in [6, 6.07) is 18.2. The Morgan fingerprint density at radius 2 is 0.848 bits per heavy atom. The summed E-state index contributed by atoms with van der Waals surface area (Å²) in [7, 11) is -2.62. The molecule has 0 aliphatic rings. The van der Waals surface area contributed by atoms with Gasteiger partial charge in [0.25, 0.3) is 0 Å². The third-order valence-corrected chi connectivity index (χ3v) is 3.30. The molecule has 0 aliphatic heterocycles. The molecule has 0 N–H and O–H groups in total. The average Bonchev–Trinajstić information content (AvgIpc) is 2.68. The minimum Gasteiger partial charge on any atom is 1.00 e. The van der Waals surface area contributed by atoms with Crippen molar-refractivity contribution in [3.63, 3.8) is 0 Å². The van der Waals surface area contributed by atoms with Crippen molar-refractivity contribution in [3.8, 4) is 0 Å². The van der Waals surface area contributed by atoms with E-state index in [1.54, 1.807) is 24.8 Å². The van der Waals surface area contributed by atoms with Crippen LogP contribution < -0.4 is 9.80 Å². The van der Waals surface area contributed by atoms with E-state index in [9.17, 15) is 25.2 Å². The van der Waals surface area contributed by atoms with Gasteiger partial charge in [0.15, 0.2) is 0 Å². The van der Waals surface area contributed by atoms with Crippen molar-refractivity contribution in [2.45, 2.75) is 6.92 Å². The van der Waals surface area contributed by atoms with Gasteiger partial charge in [-0.05, 0) is 31.2 Å². The van der Waals surface area contributed by atoms with Gasteiger partial charge in [0.2, 0.25) is 0 Å². The van der Waals surface area contributed by atoms with Crippen molar-refractivity contribution in [2.75, 3.05) is 38.0 Å². The third kappa shape index (κ3) is 26.0. The Kier molecular flexibility index (Phi) is 13.6. The summed E-state index contributed by atoms with van der Waals surface area (Å²) in [4.78, 5) is 11.9. The van der Waals surface area contributed by atoms with Gasteiger partial charge in [-0.25, -0.2) is 0 Å². The standard InChI is InChI=1S/2C7H10N2.C7H8.Ag.F6P/c2*1-9(2)7-3-5-8-6-4-7;1-7-5-3-2-4-6-7;;1-7(2,3,4,5)6/h2*3-6H,1-2H3;2-6H,1H3;;/q;;;+1;-1. The second-order valence-corrected chi connectivity index (χ2v) is 8.73. The number of anilines is 2. The molecule has 0 saturated heterocycles. The second kappa shape index (κ2) is 13.5. The van der Waals surface area contributed by atoms with Gasteiger partial charge in [0.05, 0.1) is 0 Å². The van der Waals surface area contributed by atoms with Gasteiger partial charge in [0, 0.05) is 64.4 Å². The van der Waals surface area contributed by atoms with Gasteiger partial charge in [-0.1, -0.05) is 35.9 Å². The molecule has 190 valence electrons. The fraction of sp³-hybridized carbons (Fsp3) is 0.238. The number of rotatable bonds is 2. The van der Waals surface area contributed by atoms with E-state index in [1.165, 1.54) is 16.9 Å². The molecule has 4 nitrogen and oxygen atoms in total. The minimum atomic E-state index is -10.7. The number of benzene rings is 1. The molecular weight excluding hydrogens is 561 g/mol. The molecule has 0 bridgehead atoms. The summed E-state index contributed by atoms with van der Waals surface area (Å²) < 4.78 is 59.2. The topological polar surface area (TPSA) is 32.3 Å². The van der Waals surface area contributed by atoms with Gasteiger partial charge in [-0.3, -0.25) is 9.97 Å². The predicted molar refractivity (Wildman–Crippen MR) is 122 cm³/mol. The molecule has 0 spiro atoms. The Balaban J connectivity index is 0. The first-order chi connectivity index (χ1) is 14.5. The smallest absolute Gasteiger partial charge is 1.00 e. The minimum absolute atomic E-state index is 0. The molecule has 0 atom stereocenters. The summed E-state index contributed by atoms with van der Waals surface area (Å²) >= 11 is 0. The van der Waals surface area contributed by atoms with Crippen LogP contribution in [0.3, 0.4) is 0 Å². The molecule has 0 aliphatic carbocycles. The Morgan fingerprint density at radius 3 is 1.00 bits per heavy atom. The number of pyridine rings is 2. The Bertz CT molecular complexity index is 828. The molecule has 2 heterocycles. The average molecular weight is 589 g/mol. The van der Waals surface area contributed by atoms with Crippen molar-refractivity contribution in [1.82, 2.24) is 9.97 Å². The normalized spacial score (nSPS) is 11.7. The van der Waals surface area contributed by atoms with Crippen LogP contribution in [0.5, 0.6) is 0 Å². The van der Waals surface area contributed by atoms with Crippen LogP contribution in [-0.4, -0.2) is 38.2 Å². The Morgan fingerprint density at radius 1 is 0.576 bits per heavy atom. The van der Waals surface area contributed by atoms with Gasteiger partial charge in [-0.15, -0.1) is 0 Å². The van der Waals surface area contributed by atoms with Gasteiger partial charge >= 0.3 is 55.4 Å². The maximum Gasteiger partial charge on any atom is 1.00 e. The van der Waals surface area contributed by atoms with E-state index in [4.69, 9.17) is 0 Å². The molecule has 3 aromatic rings. The zero-order valence-electron chi connectivity index (χ0n) is 18.8. The Hall–Kier alpha value is -2.13. The fourth-order valence-corrected chi connectivity index (χ4v) is 1.82. The number of hydrogen-bond donors (Lipinski definition) is 0. The number of hydrogen-bond acceptors (Lipinski definition) is 4. The number of aromatic nitrogens is 2. The quantitative estimate of drug-likeness (QED) is 0.175. The van der Waals surface area contributed by atoms with Crippen LogP contribution in [0.15, 0.2) is 79.4 Å². The summed E-state index contributed by atoms with van der Waals surface area (Å²) in [5, 5.41) is 0. The maximum absolute atomic E-state index is 10.7. The molecule has 2 aromatic heterocycles.